The number of nitrogens with two attached hydrogens (primary N) is 2. The first-order valence-corrected chi connectivity index (χ1v) is 8.54. The van der Waals surface area contributed by atoms with E-state index in [1.165, 1.54) is 25.7 Å². The summed E-state index contributed by atoms with van der Waals surface area (Å²) < 4.78 is 6.20. The monoisotopic (exact) mass is 312 g/mol. The van der Waals surface area contributed by atoms with Crippen LogP contribution in [0.3, 0.4) is 0 Å². The molecule has 0 spiro atoms. The van der Waals surface area contributed by atoms with Crippen LogP contribution >= 0.6 is 0 Å². The minimum Gasteiger partial charge on any atom is -0.490 e. The van der Waals surface area contributed by atoms with Gasteiger partial charge in [-0.05, 0) is 48.7 Å². The highest BCUT2D eigenvalue weighted by molar-refractivity contribution is 5.54. The Hall–Kier alpha value is -2.16. The molecule has 0 heterocycles. The summed E-state index contributed by atoms with van der Waals surface area (Å²) in [5, 5.41) is 0. The second-order valence-electron chi connectivity index (χ2n) is 6.11. The van der Waals surface area contributed by atoms with Gasteiger partial charge in [0, 0.05) is 17.8 Å². The molecule has 3 heteroatoms. The van der Waals surface area contributed by atoms with Crippen LogP contribution in [0, 0.1) is 0 Å². The number of rotatable bonds is 9. The van der Waals surface area contributed by atoms with Crippen molar-refractivity contribution in [2.24, 2.45) is 0 Å². The van der Waals surface area contributed by atoms with Gasteiger partial charge in [0.05, 0.1) is 0 Å². The minimum atomic E-state index is 0.149. The summed E-state index contributed by atoms with van der Waals surface area (Å²) in [6, 6.07) is 15.8. The Morgan fingerprint density at radius 3 is 2.26 bits per heavy atom. The van der Waals surface area contributed by atoms with Crippen LogP contribution in [-0.4, -0.2) is 6.10 Å². The number of benzene rings is 2. The molecule has 0 saturated carbocycles. The molecule has 2 aromatic rings. The van der Waals surface area contributed by atoms with Gasteiger partial charge in [0.15, 0.2) is 0 Å². The SMILES string of the molecule is CCCCCCC(Cc1cc(N)cc(N)c1)Oc1ccccc1. The largest absolute Gasteiger partial charge is 0.490 e. The third-order valence-corrected chi connectivity index (χ3v) is 3.93. The Morgan fingerprint density at radius 2 is 1.61 bits per heavy atom. The van der Waals surface area contributed by atoms with E-state index in [-0.39, 0.29) is 6.10 Å². The fourth-order valence-electron chi connectivity index (χ4n) is 2.82. The van der Waals surface area contributed by atoms with Gasteiger partial charge >= 0.3 is 0 Å². The fourth-order valence-corrected chi connectivity index (χ4v) is 2.82. The molecule has 0 saturated heterocycles. The van der Waals surface area contributed by atoms with Crippen molar-refractivity contribution < 1.29 is 4.74 Å². The Balaban J connectivity index is 2.02. The van der Waals surface area contributed by atoms with Crippen molar-refractivity contribution >= 4 is 11.4 Å². The van der Waals surface area contributed by atoms with Gasteiger partial charge in [-0.1, -0.05) is 44.4 Å². The molecular formula is C20H28N2O. The van der Waals surface area contributed by atoms with E-state index in [4.69, 9.17) is 16.2 Å². The van der Waals surface area contributed by atoms with Crippen LogP contribution in [0.4, 0.5) is 11.4 Å². The molecule has 2 aromatic carbocycles. The van der Waals surface area contributed by atoms with Gasteiger partial charge < -0.3 is 16.2 Å². The zero-order chi connectivity index (χ0) is 16.5. The molecule has 23 heavy (non-hydrogen) atoms. The molecule has 124 valence electrons. The van der Waals surface area contributed by atoms with E-state index < -0.39 is 0 Å². The lowest BCUT2D eigenvalue weighted by atomic mass is 10.0. The van der Waals surface area contributed by atoms with E-state index in [0.29, 0.717) is 11.4 Å². The topological polar surface area (TPSA) is 61.3 Å². The number of unbranched alkanes of at least 4 members (excludes halogenated alkanes) is 3. The molecule has 0 aliphatic rings. The fraction of sp³-hybridized carbons (Fsp3) is 0.400. The van der Waals surface area contributed by atoms with Crippen molar-refractivity contribution in [3.63, 3.8) is 0 Å². The molecule has 1 atom stereocenters. The van der Waals surface area contributed by atoms with Crippen LogP contribution in [-0.2, 0) is 6.42 Å². The lowest BCUT2D eigenvalue weighted by Gasteiger charge is -2.20. The first-order chi connectivity index (χ1) is 11.2. The highest BCUT2D eigenvalue weighted by Gasteiger charge is 2.12. The third kappa shape index (κ3) is 6.23. The smallest absolute Gasteiger partial charge is 0.119 e. The Morgan fingerprint density at radius 1 is 0.913 bits per heavy atom. The lowest BCUT2D eigenvalue weighted by molar-refractivity contribution is 0.187. The Bertz CT molecular complexity index is 563. The Kier molecular flexibility index (Phi) is 6.79. The van der Waals surface area contributed by atoms with E-state index in [9.17, 15) is 0 Å². The summed E-state index contributed by atoms with van der Waals surface area (Å²) in [5.74, 6) is 0.921. The standard InChI is InChI=1S/C20H28N2O/c1-2-3-4-6-11-20(23-19-9-7-5-8-10-19)14-16-12-17(21)15-18(22)13-16/h5,7-10,12-13,15,20H,2-4,6,11,14,21-22H2,1H3. The summed E-state index contributed by atoms with van der Waals surface area (Å²) in [6.45, 7) is 2.23. The molecule has 0 fully saturated rings. The van der Waals surface area contributed by atoms with Gasteiger partial charge in [0.2, 0.25) is 0 Å². The van der Waals surface area contributed by atoms with Gasteiger partial charge in [-0.2, -0.15) is 0 Å². The van der Waals surface area contributed by atoms with E-state index in [1.807, 2.05) is 42.5 Å². The molecule has 0 bridgehead atoms. The molecule has 1 unspecified atom stereocenters. The molecule has 0 amide bonds. The Labute approximate surface area is 139 Å². The normalized spacial score (nSPS) is 12.0. The van der Waals surface area contributed by atoms with Crippen molar-refractivity contribution in [2.75, 3.05) is 11.5 Å². The predicted octanol–water partition coefficient (Wildman–Crippen LogP) is 4.81. The number of anilines is 2. The van der Waals surface area contributed by atoms with Gasteiger partial charge in [0.1, 0.15) is 11.9 Å². The maximum absolute atomic E-state index is 6.20. The van der Waals surface area contributed by atoms with Gasteiger partial charge in [-0.25, -0.2) is 0 Å². The number of hydrogen-bond acceptors (Lipinski definition) is 3. The van der Waals surface area contributed by atoms with Gasteiger partial charge in [-0.3, -0.25) is 0 Å². The number of nitrogen functional groups attached to an aromatic ring is 2. The highest BCUT2D eigenvalue weighted by Crippen LogP contribution is 2.21. The zero-order valence-electron chi connectivity index (χ0n) is 14.0. The molecule has 4 N–H and O–H groups in total. The summed E-state index contributed by atoms with van der Waals surface area (Å²) in [6.07, 6.45) is 6.99. The lowest BCUT2D eigenvalue weighted by Crippen LogP contribution is -2.20. The van der Waals surface area contributed by atoms with Crippen LogP contribution < -0.4 is 16.2 Å². The van der Waals surface area contributed by atoms with Crippen LogP contribution in [0.15, 0.2) is 48.5 Å². The van der Waals surface area contributed by atoms with Crippen molar-refractivity contribution in [1.82, 2.24) is 0 Å². The second-order valence-corrected chi connectivity index (χ2v) is 6.11. The highest BCUT2D eigenvalue weighted by atomic mass is 16.5. The zero-order valence-corrected chi connectivity index (χ0v) is 14.0. The summed E-state index contributed by atoms with van der Waals surface area (Å²) in [4.78, 5) is 0. The van der Waals surface area contributed by atoms with Crippen molar-refractivity contribution in [2.45, 2.75) is 51.6 Å². The van der Waals surface area contributed by atoms with Crippen molar-refractivity contribution in [3.05, 3.63) is 54.1 Å². The van der Waals surface area contributed by atoms with Crippen LogP contribution in [0.1, 0.15) is 44.6 Å². The second kappa shape index (κ2) is 9.09. The molecular weight excluding hydrogens is 284 g/mol. The number of para-hydroxylation sites is 1. The minimum absolute atomic E-state index is 0.149. The van der Waals surface area contributed by atoms with Crippen LogP contribution in [0.5, 0.6) is 5.75 Å². The number of hydrogen-bond donors (Lipinski definition) is 2. The summed E-state index contributed by atoms with van der Waals surface area (Å²) in [5.41, 5.74) is 14.4. The van der Waals surface area contributed by atoms with Gasteiger partial charge in [-0.15, -0.1) is 0 Å². The summed E-state index contributed by atoms with van der Waals surface area (Å²) in [7, 11) is 0. The van der Waals surface area contributed by atoms with Crippen LogP contribution in [0.25, 0.3) is 0 Å². The van der Waals surface area contributed by atoms with E-state index in [2.05, 4.69) is 6.92 Å². The van der Waals surface area contributed by atoms with Crippen molar-refractivity contribution in [3.8, 4) is 5.75 Å². The molecule has 0 aliphatic heterocycles. The predicted molar refractivity (Wildman–Crippen MR) is 98.6 cm³/mol. The van der Waals surface area contributed by atoms with E-state index >= 15 is 0 Å². The first-order valence-electron chi connectivity index (χ1n) is 8.54. The average Bonchev–Trinajstić information content (AvgIpc) is 2.51. The average molecular weight is 312 g/mol. The first kappa shape index (κ1) is 17.2. The van der Waals surface area contributed by atoms with Crippen molar-refractivity contribution in [1.29, 1.82) is 0 Å². The molecule has 0 radical (unpaired) electrons. The summed E-state index contributed by atoms with van der Waals surface area (Å²) >= 11 is 0. The van der Waals surface area contributed by atoms with E-state index in [0.717, 1.165) is 24.2 Å². The molecule has 2 rings (SSSR count). The molecule has 3 nitrogen and oxygen atoms in total. The van der Waals surface area contributed by atoms with E-state index in [1.54, 1.807) is 6.07 Å². The number of ether oxygens (including phenoxy) is 1. The quantitative estimate of drug-likeness (QED) is 0.516. The maximum atomic E-state index is 6.20. The van der Waals surface area contributed by atoms with Gasteiger partial charge in [0.25, 0.3) is 0 Å². The third-order valence-electron chi connectivity index (χ3n) is 3.93. The molecule has 0 aliphatic carbocycles. The van der Waals surface area contributed by atoms with Crippen LogP contribution in [0.2, 0.25) is 0 Å². The maximum Gasteiger partial charge on any atom is 0.119 e. The molecule has 0 aromatic heterocycles.